The van der Waals surface area contributed by atoms with Crippen molar-refractivity contribution in [3.8, 4) is 17.9 Å². The quantitative estimate of drug-likeness (QED) is 0.473. The van der Waals surface area contributed by atoms with Crippen LogP contribution in [0, 0.1) is 22.7 Å². The predicted octanol–water partition coefficient (Wildman–Crippen LogP) is 5.75. The molecule has 0 aliphatic heterocycles. The number of nitriles is 2. The Morgan fingerprint density at radius 3 is 2.26 bits per heavy atom. The van der Waals surface area contributed by atoms with Crippen LogP contribution in [-0.4, -0.2) is 12.5 Å². The van der Waals surface area contributed by atoms with E-state index in [0.717, 1.165) is 0 Å². The third kappa shape index (κ3) is 5.53. The van der Waals surface area contributed by atoms with Gasteiger partial charge in [-0.15, -0.1) is 0 Å². The fourth-order valence-electron chi connectivity index (χ4n) is 1.99. The van der Waals surface area contributed by atoms with E-state index in [-0.39, 0.29) is 33.0 Å². The van der Waals surface area contributed by atoms with Crippen LogP contribution in [0.25, 0.3) is 6.08 Å². The number of ether oxygens (including phenoxy) is 1. The molecule has 0 atom stereocenters. The summed E-state index contributed by atoms with van der Waals surface area (Å²) in [6.45, 7) is -0.218. The molecule has 0 saturated heterocycles. The smallest absolute Gasteiger partial charge is 0.266 e. The molecule has 1 amide bonds. The van der Waals surface area contributed by atoms with Crippen molar-refractivity contribution in [1.29, 1.82) is 10.5 Å². The highest BCUT2D eigenvalue weighted by molar-refractivity contribution is 6.42. The van der Waals surface area contributed by atoms with Crippen molar-refractivity contribution in [3.05, 3.63) is 61.6 Å². The van der Waals surface area contributed by atoms with E-state index in [4.69, 9.17) is 56.4 Å². The summed E-state index contributed by atoms with van der Waals surface area (Å²) in [4.78, 5) is 12.3. The molecule has 2 aromatic carbocycles. The highest BCUT2D eigenvalue weighted by Crippen LogP contribution is 2.35. The largest absolute Gasteiger partial charge is 0.476 e. The normalized spacial score (nSPS) is 10.7. The van der Waals surface area contributed by atoms with Gasteiger partial charge in [0.2, 0.25) is 0 Å². The molecule has 0 spiro atoms. The summed E-state index contributed by atoms with van der Waals surface area (Å²) in [6, 6.07) is 11.1. The molecule has 0 aliphatic rings. The second-order valence-electron chi connectivity index (χ2n) is 5.01. The molecule has 136 valence electrons. The van der Waals surface area contributed by atoms with E-state index in [9.17, 15) is 10.1 Å². The van der Waals surface area contributed by atoms with Gasteiger partial charge in [0.25, 0.3) is 5.91 Å². The van der Waals surface area contributed by atoms with Gasteiger partial charge >= 0.3 is 0 Å². The molecule has 5 nitrogen and oxygen atoms in total. The molecule has 2 aromatic rings. The zero-order valence-corrected chi connectivity index (χ0v) is 16.4. The summed E-state index contributed by atoms with van der Waals surface area (Å²) in [5, 5.41) is 21.3. The van der Waals surface area contributed by atoms with Gasteiger partial charge in [0.1, 0.15) is 17.7 Å². The van der Waals surface area contributed by atoms with E-state index in [0.29, 0.717) is 16.3 Å². The van der Waals surface area contributed by atoms with E-state index in [2.05, 4.69) is 5.32 Å². The van der Waals surface area contributed by atoms with Crippen LogP contribution in [-0.2, 0) is 4.79 Å². The molecule has 0 unspecified atom stereocenters. The second-order valence-corrected chi connectivity index (χ2v) is 6.64. The average molecular weight is 441 g/mol. The van der Waals surface area contributed by atoms with Gasteiger partial charge in [-0.3, -0.25) is 4.79 Å². The molecular weight excluding hydrogens is 432 g/mol. The van der Waals surface area contributed by atoms with Gasteiger partial charge in [-0.05, 0) is 42.0 Å². The van der Waals surface area contributed by atoms with Crippen LogP contribution >= 0.6 is 46.4 Å². The topological polar surface area (TPSA) is 85.9 Å². The number of carbonyl (C=O) groups is 1. The molecule has 0 heterocycles. The summed E-state index contributed by atoms with van der Waals surface area (Å²) < 4.78 is 5.14. The number of amides is 1. The van der Waals surface area contributed by atoms with Crippen LogP contribution in [0.5, 0.6) is 5.75 Å². The standard InChI is InChI=1S/C18H9Cl4N3O2/c19-13-2-1-12(8-14(13)20)25-18(26)11(9-24)5-10-6-15(21)17(16(22)7-10)27-4-3-23/h1-2,5-8H,4H2,(H,25,26)/b11-5+. The molecular formula is C18H9Cl4N3O2. The lowest BCUT2D eigenvalue weighted by Gasteiger charge is -2.09. The Balaban J connectivity index is 2.27. The SMILES string of the molecule is N#CCOc1c(Cl)cc(/C=C(\C#N)C(=O)Nc2ccc(Cl)c(Cl)c2)cc1Cl. The molecule has 0 saturated carbocycles. The van der Waals surface area contributed by atoms with E-state index in [1.165, 1.54) is 30.3 Å². The van der Waals surface area contributed by atoms with Crippen LogP contribution in [0.1, 0.15) is 5.56 Å². The summed E-state index contributed by atoms with van der Waals surface area (Å²) in [7, 11) is 0. The first-order chi connectivity index (χ1) is 12.8. The molecule has 0 bridgehead atoms. The maximum Gasteiger partial charge on any atom is 0.266 e. The van der Waals surface area contributed by atoms with E-state index in [1.54, 1.807) is 12.1 Å². The summed E-state index contributed by atoms with van der Waals surface area (Å²) in [5.41, 5.74) is 0.612. The number of benzene rings is 2. The van der Waals surface area contributed by atoms with Crippen LogP contribution in [0.15, 0.2) is 35.9 Å². The van der Waals surface area contributed by atoms with Gasteiger partial charge in [0.05, 0.1) is 20.1 Å². The van der Waals surface area contributed by atoms with Gasteiger partial charge in [-0.25, -0.2) is 0 Å². The predicted molar refractivity (Wildman–Crippen MR) is 106 cm³/mol. The molecule has 0 aromatic heterocycles. The number of nitrogens with one attached hydrogen (secondary N) is 1. The van der Waals surface area contributed by atoms with Crippen molar-refractivity contribution in [2.24, 2.45) is 0 Å². The average Bonchev–Trinajstić information content (AvgIpc) is 2.62. The number of hydrogen-bond donors (Lipinski definition) is 1. The maximum absolute atomic E-state index is 12.3. The molecule has 0 aliphatic carbocycles. The number of carbonyl (C=O) groups excluding carboxylic acids is 1. The van der Waals surface area contributed by atoms with Crippen LogP contribution < -0.4 is 10.1 Å². The minimum Gasteiger partial charge on any atom is -0.476 e. The highest BCUT2D eigenvalue weighted by atomic mass is 35.5. The number of hydrogen-bond acceptors (Lipinski definition) is 4. The third-order valence-electron chi connectivity index (χ3n) is 3.16. The van der Waals surface area contributed by atoms with Crippen molar-refractivity contribution >= 4 is 64.1 Å². The fraction of sp³-hybridized carbons (Fsp3) is 0.0556. The Labute approximate surface area is 175 Å². The molecule has 9 heteroatoms. The van der Waals surface area contributed by atoms with Gasteiger partial charge in [0.15, 0.2) is 12.4 Å². The van der Waals surface area contributed by atoms with Crippen LogP contribution in [0.2, 0.25) is 20.1 Å². The zero-order valence-electron chi connectivity index (χ0n) is 13.4. The molecule has 0 fully saturated rings. The second kappa shape index (κ2) is 9.50. The Morgan fingerprint density at radius 1 is 1.04 bits per heavy atom. The lowest BCUT2D eigenvalue weighted by Crippen LogP contribution is -2.13. The molecule has 2 rings (SSSR count). The lowest BCUT2D eigenvalue weighted by molar-refractivity contribution is -0.112. The Hall–Kier alpha value is -2.41. The Kier molecular flexibility index (Phi) is 7.36. The van der Waals surface area contributed by atoms with Crippen molar-refractivity contribution in [3.63, 3.8) is 0 Å². The zero-order chi connectivity index (χ0) is 20.0. The Morgan fingerprint density at radius 2 is 1.70 bits per heavy atom. The number of rotatable bonds is 5. The number of anilines is 1. The van der Waals surface area contributed by atoms with E-state index in [1.807, 2.05) is 6.07 Å². The van der Waals surface area contributed by atoms with E-state index >= 15 is 0 Å². The van der Waals surface area contributed by atoms with Gasteiger partial charge < -0.3 is 10.1 Å². The van der Waals surface area contributed by atoms with Crippen molar-refractivity contribution in [2.45, 2.75) is 0 Å². The van der Waals surface area contributed by atoms with Gasteiger partial charge in [-0.2, -0.15) is 10.5 Å². The minimum atomic E-state index is -0.645. The lowest BCUT2D eigenvalue weighted by atomic mass is 10.1. The molecule has 0 radical (unpaired) electrons. The first-order valence-electron chi connectivity index (χ1n) is 7.22. The monoisotopic (exact) mass is 439 g/mol. The number of halogens is 4. The summed E-state index contributed by atoms with van der Waals surface area (Å²) >= 11 is 23.9. The first-order valence-corrected chi connectivity index (χ1v) is 8.74. The number of nitrogens with zero attached hydrogens (tertiary/aromatic N) is 2. The fourth-order valence-corrected chi connectivity index (χ4v) is 2.90. The van der Waals surface area contributed by atoms with Crippen molar-refractivity contribution in [1.82, 2.24) is 0 Å². The summed E-state index contributed by atoms with van der Waals surface area (Å²) in [5.74, 6) is -0.497. The minimum absolute atomic E-state index is 0.145. The molecule has 27 heavy (non-hydrogen) atoms. The molecule has 1 N–H and O–H groups in total. The van der Waals surface area contributed by atoms with Crippen molar-refractivity contribution < 1.29 is 9.53 Å². The van der Waals surface area contributed by atoms with Crippen LogP contribution in [0.3, 0.4) is 0 Å². The van der Waals surface area contributed by atoms with Crippen LogP contribution in [0.4, 0.5) is 5.69 Å². The Bertz CT molecular complexity index is 984. The maximum atomic E-state index is 12.3. The summed E-state index contributed by atoms with van der Waals surface area (Å²) in [6.07, 6.45) is 1.32. The third-order valence-corrected chi connectivity index (χ3v) is 4.46. The van der Waals surface area contributed by atoms with Gasteiger partial charge in [-0.1, -0.05) is 46.4 Å². The first kappa shape index (κ1) is 20.9. The van der Waals surface area contributed by atoms with Gasteiger partial charge in [0, 0.05) is 5.69 Å². The van der Waals surface area contributed by atoms with Crippen molar-refractivity contribution in [2.75, 3.05) is 11.9 Å². The highest BCUT2D eigenvalue weighted by Gasteiger charge is 2.13. The van der Waals surface area contributed by atoms with E-state index < -0.39 is 5.91 Å².